The second kappa shape index (κ2) is 21.0. The van der Waals surface area contributed by atoms with E-state index in [1.807, 2.05) is 13.8 Å². The van der Waals surface area contributed by atoms with Crippen molar-refractivity contribution in [1.29, 1.82) is 0 Å². The van der Waals surface area contributed by atoms with Crippen molar-refractivity contribution in [2.75, 3.05) is 6.61 Å². The van der Waals surface area contributed by atoms with Gasteiger partial charge in [-0.15, -0.1) is 0 Å². The van der Waals surface area contributed by atoms with E-state index in [-0.39, 0.29) is 94.1 Å². The van der Waals surface area contributed by atoms with Gasteiger partial charge in [-0.3, -0.25) is 14.4 Å². The second-order valence-electron chi connectivity index (χ2n) is 10.4. The van der Waals surface area contributed by atoms with E-state index >= 15 is 0 Å². The van der Waals surface area contributed by atoms with Gasteiger partial charge in [-0.05, 0) is 68.9 Å². The topological polar surface area (TPSA) is 91.4 Å². The van der Waals surface area contributed by atoms with Crippen molar-refractivity contribution in [3.8, 4) is 0 Å². The first-order valence-corrected chi connectivity index (χ1v) is 13.6. The Labute approximate surface area is 321 Å². The molecule has 244 valence electrons. The van der Waals surface area contributed by atoms with Gasteiger partial charge in [0, 0.05) is 29.8 Å². The molecule has 1 atom stereocenters. The summed E-state index contributed by atoms with van der Waals surface area (Å²) in [6.45, 7) is 13.5. The monoisotopic (exact) mass is 758 g/mol. The molecule has 1 heterocycles. The van der Waals surface area contributed by atoms with Gasteiger partial charge in [0.1, 0.15) is 11.9 Å². The first-order valence-electron chi connectivity index (χ1n) is 13.6. The van der Waals surface area contributed by atoms with Gasteiger partial charge in [-0.25, -0.2) is 8.78 Å². The van der Waals surface area contributed by atoms with E-state index < -0.39 is 59.7 Å². The van der Waals surface area contributed by atoms with E-state index in [9.17, 15) is 36.3 Å². The zero-order chi connectivity index (χ0) is 33.1. The molecule has 0 saturated heterocycles. The zero-order valence-corrected chi connectivity index (χ0v) is 33.6. The van der Waals surface area contributed by atoms with E-state index in [1.54, 1.807) is 58.2 Å². The SMILES string of the molecule is C=C(/C=C(\C(F)=C(/F)CCC(=O)OCC)c1c(C)cc(C)cc1C)C(F)(F)F.CC(C)CC(C(N)=O)n1ccccc1=O.[CH3-].[Cs+]. The third kappa shape index (κ3) is 15.0. The van der Waals surface area contributed by atoms with Gasteiger partial charge >= 0.3 is 81.0 Å². The Bertz CT molecular complexity index is 1410. The van der Waals surface area contributed by atoms with Crippen LogP contribution in [0.25, 0.3) is 5.57 Å². The number of esters is 1. The molecule has 0 spiro atoms. The number of ether oxygens (including phenoxy) is 1. The first-order chi connectivity index (χ1) is 19.9. The average Bonchev–Trinajstić information content (AvgIpc) is 2.89. The van der Waals surface area contributed by atoms with Crippen molar-refractivity contribution >= 4 is 17.4 Å². The minimum Gasteiger partial charge on any atom is -0.466 e. The van der Waals surface area contributed by atoms with Crippen molar-refractivity contribution < 1.29 is 105 Å². The minimum atomic E-state index is -4.79. The summed E-state index contributed by atoms with van der Waals surface area (Å²) < 4.78 is 74.1. The number of primary amides is 1. The molecule has 2 N–H and O–H groups in total. The number of allylic oxidation sites excluding steroid dienone is 5. The van der Waals surface area contributed by atoms with Crippen LogP contribution in [0.3, 0.4) is 0 Å². The summed E-state index contributed by atoms with van der Waals surface area (Å²) in [7, 11) is 0. The number of rotatable bonds is 11. The van der Waals surface area contributed by atoms with E-state index in [0.29, 0.717) is 29.5 Å². The summed E-state index contributed by atoms with van der Waals surface area (Å²) >= 11 is 0. The molecule has 0 aliphatic heterocycles. The van der Waals surface area contributed by atoms with Gasteiger partial charge in [0.15, 0.2) is 5.83 Å². The van der Waals surface area contributed by atoms with Gasteiger partial charge < -0.3 is 22.5 Å². The Morgan fingerprint density at radius 2 is 1.62 bits per heavy atom. The maximum atomic E-state index is 14.9. The number of amides is 1. The molecular weight excluding hydrogens is 716 g/mol. The Morgan fingerprint density at radius 1 is 1.07 bits per heavy atom. The molecule has 6 nitrogen and oxygen atoms in total. The summed E-state index contributed by atoms with van der Waals surface area (Å²) in [5.74, 6) is -3.65. The molecule has 1 aromatic carbocycles. The van der Waals surface area contributed by atoms with Crippen molar-refractivity contribution in [3.63, 3.8) is 0 Å². The number of nitrogens with two attached hydrogens (primary N) is 1. The number of hydrogen-bond donors (Lipinski definition) is 1. The number of carbonyl (C=O) groups excluding carboxylic acids is 2. The zero-order valence-electron chi connectivity index (χ0n) is 27.3. The van der Waals surface area contributed by atoms with Crippen molar-refractivity contribution in [3.05, 3.63) is 106 Å². The molecule has 2 rings (SSSR count). The van der Waals surface area contributed by atoms with Crippen LogP contribution in [0.1, 0.15) is 68.3 Å². The van der Waals surface area contributed by atoms with Gasteiger partial charge in [-0.1, -0.05) is 44.2 Å². The number of carbonyl (C=O) groups is 2. The maximum Gasteiger partial charge on any atom is 1.00 e. The van der Waals surface area contributed by atoms with Gasteiger partial charge in [-0.2, -0.15) is 13.2 Å². The first kappa shape index (κ1) is 45.2. The largest absolute Gasteiger partial charge is 1.00 e. The standard InChI is InChI=1S/C21H23F5O2.C11H16N2O2.CH3.Cs/c1-6-28-18(27)8-7-17(22)20(23)16(11-15(5)21(24,25)26)19-13(3)9-12(2)10-14(19)4;1-8(2)7-9(11(12)15)13-6-4-3-5-10(13)14;;/h9-11H,5-8H2,1-4H3;3-6,8-9H,7H2,1-2H3,(H2,12,15);1H3;/q;;-1;+1/b16-11-,20-17+;;;. The predicted molar refractivity (Wildman–Crippen MR) is 164 cm³/mol. The van der Waals surface area contributed by atoms with E-state index in [0.717, 1.165) is 5.56 Å². The fraction of sp³-hybridized carbons (Fsp3) is 0.394. The quantitative estimate of drug-likeness (QED) is 0.152. The van der Waals surface area contributed by atoms with E-state index in [1.165, 1.54) is 10.6 Å². The number of benzene rings is 1. The molecule has 0 bridgehead atoms. The molecule has 0 fully saturated rings. The van der Waals surface area contributed by atoms with Crippen LogP contribution in [0.4, 0.5) is 22.0 Å². The Balaban J connectivity index is 0. The third-order valence-corrected chi connectivity index (χ3v) is 6.17. The predicted octanol–water partition coefficient (Wildman–Crippen LogP) is 4.98. The van der Waals surface area contributed by atoms with Crippen LogP contribution in [0.15, 0.2) is 71.2 Å². The van der Waals surface area contributed by atoms with Crippen molar-refractivity contribution in [1.82, 2.24) is 4.57 Å². The van der Waals surface area contributed by atoms with Crippen LogP contribution in [0, 0.1) is 34.1 Å². The van der Waals surface area contributed by atoms with Crippen molar-refractivity contribution in [2.24, 2.45) is 11.7 Å². The van der Waals surface area contributed by atoms with Crippen LogP contribution >= 0.6 is 0 Å². The number of pyridine rings is 1. The van der Waals surface area contributed by atoms with Crippen molar-refractivity contribution in [2.45, 2.75) is 73.0 Å². The molecule has 2 aromatic rings. The fourth-order valence-electron chi connectivity index (χ4n) is 4.32. The Kier molecular flexibility index (Phi) is 21.1. The number of halogens is 5. The number of hydrogen-bond acceptors (Lipinski definition) is 4. The summed E-state index contributed by atoms with van der Waals surface area (Å²) in [6.07, 6.45) is -3.17. The molecule has 1 unspecified atom stereocenters. The second-order valence-corrected chi connectivity index (χ2v) is 10.4. The van der Waals surface area contributed by atoms with E-state index in [2.05, 4.69) is 11.3 Å². The Morgan fingerprint density at radius 3 is 2.07 bits per heavy atom. The minimum absolute atomic E-state index is 0. The molecule has 1 amide bonds. The van der Waals surface area contributed by atoms with Gasteiger partial charge in [0.2, 0.25) is 5.91 Å². The van der Waals surface area contributed by atoms with Crippen LogP contribution in [0.5, 0.6) is 0 Å². The van der Waals surface area contributed by atoms with Crippen LogP contribution in [0.2, 0.25) is 0 Å². The smallest absolute Gasteiger partial charge is 0.466 e. The normalized spacial score (nSPS) is 12.5. The molecule has 0 radical (unpaired) electrons. The van der Waals surface area contributed by atoms with E-state index in [4.69, 9.17) is 5.73 Å². The van der Waals surface area contributed by atoms with Gasteiger partial charge in [0.05, 0.1) is 13.0 Å². The summed E-state index contributed by atoms with van der Waals surface area (Å²) in [5.41, 5.74) is 5.20. The molecule has 0 aliphatic carbocycles. The summed E-state index contributed by atoms with van der Waals surface area (Å²) in [5, 5.41) is 0. The molecule has 45 heavy (non-hydrogen) atoms. The van der Waals surface area contributed by atoms with Crippen LogP contribution in [-0.4, -0.2) is 29.2 Å². The molecule has 1 aromatic heterocycles. The molecule has 0 aliphatic rings. The number of nitrogens with zero attached hydrogens (tertiary/aromatic N) is 1. The molecular formula is C33H42CsF5N2O4. The van der Waals surface area contributed by atoms with Crippen LogP contribution in [-0.2, 0) is 14.3 Å². The molecule has 12 heteroatoms. The van der Waals surface area contributed by atoms with Crippen LogP contribution < -0.4 is 80.2 Å². The number of aromatic nitrogens is 1. The molecule has 0 saturated carbocycles. The Hall–Kier alpha value is -1.97. The van der Waals surface area contributed by atoms with Gasteiger partial charge in [0.25, 0.3) is 5.56 Å². The summed E-state index contributed by atoms with van der Waals surface area (Å²) in [6, 6.07) is 7.58. The average molecular weight is 759 g/mol. The third-order valence-electron chi connectivity index (χ3n) is 6.17. The number of alkyl halides is 3. The number of aryl methyl sites for hydroxylation is 3. The summed E-state index contributed by atoms with van der Waals surface area (Å²) in [4.78, 5) is 34.1. The maximum absolute atomic E-state index is 14.9. The fourth-order valence-corrected chi connectivity index (χ4v) is 4.32.